The van der Waals surface area contributed by atoms with E-state index >= 15 is 0 Å². The molecule has 4 rings (SSSR count). The van der Waals surface area contributed by atoms with Crippen LogP contribution in [0.5, 0.6) is 0 Å². The van der Waals surface area contributed by atoms with E-state index in [2.05, 4.69) is 20.9 Å². The first kappa shape index (κ1) is 19.3. The van der Waals surface area contributed by atoms with Gasteiger partial charge in [0.25, 0.3) is 5.91 Å². The monoisotopic (exact) mass is 392 g/mol. The number of para-hydroxylation sites is 1. The third kappa shape index (κ3) is 4.53. The Bertz CT molecular complexity index is 910. The van der Waals surface area contributed by atoms with Gasteiger partial charge in [0.1, 0.15) is 0 Å². The number of urea groups is 1. The number of rotatable bonds is 5. The van der Waals surface area contributed by atoms with E-state index in [9.17, 15) is 9.59 Å². The molecule has 2 aromatic carbocycles. The molecule has 0 radical (unpaired) electrons. The van der Waals surface area contributed by atoms with Crippen LogP contribution in [0.1, 0.15) is 47.2 Å². The maximum absolute atomic E-state index is 12.8. The van der Waals surface area contributed by atoms with E-state index in [1.807, 2.05) is 44.2 Å². The van der Waals surface area contributed by atoms with Crippen LogP contribution in [0.25, 0.3) is 0 Å². The molecule has 0 atom stereocenters. The molecule has 0 bridgehead atoms. The lowest BCUT2D eigenvalue weighted by Crippen LogP contribution is -2.29. The number of hydrogen-bond acceptors (Lipinski definition) is 3. The summed E-state index contributed by atoms with van der Waals surface area (Å²) in [5.74, 6) is -0.0618. The van der Waals surface area contributed by atoms with Gasteiger partial charge in [0.2, 0.25) is 0 Å². The van der Waals surface area contributed by atoms with Crippen molar-refractivity contribution >= 4 is 29.0 Å². The maximum Gasteiger partial charge on any atom is 0.323 e. The highest BCUT2D eigenvalue weighted by Crippen LogP contribution is 2.29. The second-order valence-electron chi connectivity index (χ2n) is 8.02. The van der Waals surface area contributed by atoms with Gasteiger partial charge in [0, 0.05) is 36.2 Å². The van der Waals surface area contributed by atoms with Crippen LogP contribution in [-0.4, -0.2) is 31.1 Å². The van der Waals surface area contributed by atoms with Crippen LogP contribution in [0.15, 0.2) is 36.4 Å². The van der Waals surface area contributed by atoms with Crippen molar-refractivity contribution in [2.24, 2.45) is 0 Å². The molecule has 6 nitrogen and oxygen atoms in total. The van der Waals surface area contributed by atoms with E-state index in [1.165, 1.54) is 0 Å². The molecule has 0 spiro atoms. The number of nitrogens with one attached hydrogen (secondary N) is 3. The Kier molecular flexibility index (Phi) is 5.43. The highest BCUT2D eigenvalue weighted by atomic mass is 16.2. The molecule has 1 saturated heterocycles. The Balaban J connectivity index is 1.53. The Morgan fingerprint density at radius 3 is 2.31 bits per heavy atom. The Hall–Kier alpha value is -3.02. The third-order valence-corrected chi connectivity index (χ3v) is 5.58. The number of hydrogen-bond donors (Lipinski definition) is 3. The van der Waals surface area contributed by atoms with E-state index in [-0.39, 0.29) is 18.0 Å². The zero-order chi connectivity index (χ0) is 20.4. The molecule has 1 heterocycles. The zero-order valence-corrected chi connectivity index (χ0v) is 17.0. The van der Waals surface area contributed by atoms with Crippen LogP contribution in [-0.2, 0) is 0 Å². The standard InChI is InChI=1S/C23H28N4O2/c1-15-6-5-7-16(2)21(15)26-23(29)25-18-10-11-20(27-12-3-4-13-27)19(14-18)22(28)24-17-8-9-17/h5-7,10-11,14,17H,3-4,8-9,12-13H2,1-2H3,(H,24,28)(H2,25,26,29). The maximum atomic E-state index is 12.8. The van der Waals surface area contributed by atoms with Crippen molar-refractivity contribution in [1.29, 1.82) is 0 Å². The molecule has 0 aromatic heterocycles. The van der Waals surface area contributed by atoms with Crippen molar-refractivity contribution < 1.29 is 9.59 Å². The molecule has 2 fully saturated rings. The first-order valence-corrected chi connectivity index (χ1v) is 10.4. The number of amides is 3. The average Bonchev–Trinajstić information content (AvgIpc) is 3.34. The van der Waals surface area contributed by atoms with Gasteiger partial charge in [-0.3, -0.25) is 4.79 Å². The summed E-state index contributed by atoms with van der Waals surface area (Å²) in [5.41, 5.74) is 5.01. The van der Waals surface area contributed by atoms with Crippen LogP contribution in [0.2, 0.25) is 0 Å². The topological polar surface area (TPSA) is 73.5 Å². The lowest BCUT2D eigenvalue weighted by Gasteiger charge is -2.22. The average molecular weight is 393 g/mol. The van der Waals surface area contributed by atoms with Gasteiger partial charge in [-0.15, -0.1) is 0 Å². The van der Waals surface area contributed by atoms with Crippen LogP contribution in [0, 0.1) is 13.8 Å². The molecule has 2 aliphatic rings. The summed E-state index contributed by atoms with van der Waals surface area (Å²) in [4.78, 5) is 27.6. The number of nitrogens with zero attached hydrogens (tertiary/aromatic N) is 1. The largest absolute Gasteiger partial charge is 0.371 e. The highest BCUT2D eigenvalue weighted by Gasteiger charge is 2.27. The normalized spacial score (nSPS) is 15.9. The van der Waals surface area contributed by atoms with Crippen molar-refractivity contribution in [2.45, 2.75) is 45.6 Å². The summed E-state index contributed by atoms with van der Waals surface area (Å²) in [5, 5.41) is 8.88. The SMILES string of the molecule is Cc1cccc(C)c1NC(=O)Nc1ccc(N2CCCC2)c(C(=O)NC2CC2)c1. The first-order chi connectivity index (χ1) is 14.0. The Morgan fingerprint density at radius 2 is 1.66 bits per heavy atom. The third-order valence-electron chi connectivity index (χ3n) is 5.58. The second-order valence-corrected chi connectivity index (χ2v) is 8.02. The van der Waals surface area contributed by atoms with Gasteiger partial charge in [0.05, 0.1) is 5.56 Å². The highest BCUT2D eigenvalue weighted by molar-refractivity contribution is 6.04. The molecular formula is C23H28N4O2. The minimum Gasteiger partial charge on any atom is -0.371 e. The summed E-state index contributed by atoms with van der Waals surface area (Å²) in [6, 6.07) is 11.5. The van der Waals surface area contributed by atoms with Gasteiger partial charge in [0.15, 0.2) is 0 Å². The van der Waals surface area contributed by atoms with Gasteiger partial charge < -0.3 is 20.9 Å². The van der Waals surface area contributed by atoms with Gasteiger partial charge in [-0.25, -0.2) is 4.79 Å². The van der Waals surface area contributed by atoms with Crippen LogP contribution >= 0.6 is 0 Å². The van der Waals surface area contributed by atoms with Crippen molar-refractivity contribution in [3.8, 4) is 0 Å². The molecule has 2 aromatic rings. The number of carbonyl (C=O) groups is 2. The van der Waals surface area contributed by atoms with Gasteiger partial charge >= 0.3 is 6.03 Å². The lowest BCUT2D eigenvalue weighted by molar-refractivity contribution is 0.0951. The molecule has 6 heteroatoms. The molecule has 3 N–H and O–H groups in total. The number of aryl methyl sites for hydroxylation is 2. The number of benzene rings is 2. The summed E-state index contributed by atoms with van der Waals surface area (Å²) in [6.45, 7) is 5.86. The van der Waals surface area contributed by atoms with Crippen molar-refractivity contribution in [1.82, 2.24) is 5.32 Å². The van der Waals surface area contributed by atoms with Crippen molar-refractivity contribution in [3.63, 3.8) is 0 Å². The van der Waals surface area contributed by atoms with Crippen LogP contribution in [0.4, 0.5) is 21.9 Å². The summed E-state index contributed by atoms with van der Waals surface area (Å²) >= 11 is 0. The first-order valence-electron chi connectivity index (χ1n) is 10.4. The van der Waals surface area contributed by atoms with E-state index in [1.54, 1.807) is 6.07 Å². The molecule has 29 heavy (non-hydrogen) atoms. The summed E-state index contributed by atoms with van der Waals surface area (Å²) < 4.78 is 0. The molecule has 1 aliphatic heterocycles. The Labute approximate surface area is 171 Å². The quantitative estimate of drug-likeness (QED) is 0.704. The zero-order valence-electron chi connectivity index (χ0n) is 17.0. The summed E-state index contributed by atoms with van der Waals surface area (Å²) in [6.07, 6.45) is 4.37. The lowest BCUT2D eigenvalue weighted by atomic mass is 10.1. The van der Waals surface area contributed by atoms with E-state index in [0.29, 0.717) is 11.3 Å². The second kappa shape index (κ2) is 8.15. The molecule has 0 unspecified atom stereocenters. The van der Waals surface area contributed by atoms with Crippen LogP contribution in [0.3, 0.4) is 0 Å². The Morgan fingerprint density at radius 1 is 0.966 bits per heavy atom. The van der Waals surface area contributed by atoms with Crippen LogP contribution < -0.4 is 20.9 Å². The fourth-order valence-corrected chi connectivity index (χ4v) is 3.81. The van der Waals surface area contributed by atoms with E-state index in [0.717, 1.165) is 61.3 Å². The van der Waals surface area contributed by atoms with Gasteiger partial charge in [-0.1, -0.05) is 18.2 Å². The number of carbonyl (C=O) groups excluding carboxylic acids is 2. The fraction of sp³-hybridized carbons (Fsp3) is 0.391. The van der Waals surface area contributed by atoms with E-state index < -0.39 is 0 Å². The predicted octanol–water partition coefficient (Wildman–Crippen LogP) is 4.44. The van der Waals surface area contributed by atoms with Gasteiger partial charge in [-0.2, -0.15) is 0 Å². The molecule has 152 valence electrons. The molecular weight excluding hydrogens is 364 g/mol. The minimum absolute atomic E-state index is 0.0618. The van der Waals surface area contributed by atoms with Gasteiger partial charge in [-0.05, 0) is 68.9 Å². The van der Waals surface area contributed by atoms with Crippen molar-refractivity contribution in [2.75, 3.05) is 28.6 Å². The minimum atomic E-state index is -0.315. The molecule has 3 amide bonds. The predicted molar refractivity (Wildman–Crippen MR) is 117 cm³/mol. The molecule has 1 aliphatic carbocycles. The summed E-state index contributed by atoms with van der Waals surface area (Å²) in [7, 11) is 0. The molecule has 1 saturated carbocycles. The smallest absolute Gasteiger partial charge is 0.323 e. The fourth-order valence-electron chi connectivity index (χ4n) is 3.81. The van der Waals surface area contributed by atoms with E-state index in [4.69, 9.17) is 0 Å². The van der Waals surface area contributed by atoms with Crippen molar-refractivity contribution in [3.05, 3.63) is 53.1 Å². The number of anilines is 3.